The number of carbonyl (C=O) groups is 2. The van der Waals surface area contributed by atoms with Crippen LogP contribution in [0, 0.1) is 6.92 Å². The summed E-state index contributed by atoms with van der Waals surface area (Å²) in [5.74, 6) is -0.379. The van der Waals surface area contributed by atoms with Crippen molar-refractivity contribution in [2.75, 3.05) is 7.11 Å². The minimum Gasteiger partial charge on any atom is -0.465 e. The number of rotatable bonds is 3. The van der Waals surface area contributed by atoms with Gasteiger partial charge in [-0.25, -0.2) is 4.79 Å². The lowest BCUT2D eigenvalue weighted by molar-refractivity contribution is 0.0601. The van der Waals surface area contributed by atoms with E-state index in [9.17, 15) is 9.59 Å². The van der Waals surface area contributed by atoms with Crippen molar-refractivity contribution in [1.82, 2.24) is 0 Å². The van der Waals surface area contributed by atoms with Crippen LogP contribution >= 0.6 is 0 Å². The van der Waals surface area contributed by atoms with E-state index >= 15 is 0 Å². The van der Waals surface area contributed by atoms with Crippen molar-refractivity contribution in [3.8, 4) is 11.1 Å². The van der Waals surface area contributed by atoms with Crippen molar-refractivity contribution < 1.29 is 14.3 Å². The van der Waals surface area contributed by atoms with Gasteiger partial charge in [-0.05, 0) is 30.2 Å². The Hall–Kier alpha value is -2.42. The molecule has 3 nitrogen and oxygen atoms in total. The Morgan fingerprint density at radius 1 is 1.16 bits per heavy atom. The molecule has 2 aromatic rings. The van der Waals surface area contributed by atoms with E-state index in [2.05, 4.69) is 0 Å². The average Bonchev–Trinajstić information content (AvgIpc) is 2.46. The summed E-state index contributed by atoms with van der Waals surface area (Å²) in [5, 5.41) is 0. The molecule has 2 aromatic carbocycles. The van der Waals surface area contributed by atoms with Gasteiger partial charge in [0.05, 0.1) is 12.7 Å². The van der Waals surface area contributed by atoms with Crippen molar-refractivity contribution in [3.05, 3.63) is 59.2 Å². The number of hydrogen-bond acceptors (Lipinski definition) is 3. The second-order valence-electron chi connectivity index (χ2n) is 4.28. The minimum absolute atomic E-state index is 0.379. The first-order valence-electron chi connectivity index (χ1n) is 5.90. The third-order valence-corrected chi connectivity index (χ3v) is 2.91. The van der Waals surface area contributed by atoms with Gasteiger partial charge in [-0.3, -0.25) is 4.79 Å². The van der Waals surface area contributed by atoms with Crippen LogP contribution in [0.2, 0.25) is 0 Å². The second kappa shape index (κ2) is 5.48. The maximum atomic E-state index is 11.8. The Morgan fingerprint density at radius 3 is 2.63 bits per heavy atom. The van der Waals surface area contributed by atoms with Crippen LogP contribution in [-0.4, -0.2) is 19.4 Å². The van der Waals surface area contributed by atoms with E-state index in [1.165, 1.54) is 7.11 Å². The van der Waals surface area contributed by atoms with Gasteiger partial charge in [-0.1, -0.05) is 35.9 Å². The van der Waals surface area contributed by atoms with E-state index in [1.807, 2.05) is 25.1 Å². The minimum atomic E-state index is -0.379. The van der Waals surface area contributed by atoms with Crippen LogP contribution in [0.15, 0.2) is 42.5 Å². The Balaban J connectivity index is 2.60. The van der Waals surface area contributed by atoms with Crippen LogP contribution < -0.4 is 0 Å². The number of ether oxygens (including phenoxy) is 1. The van der Waals surface area contributed by atoms with Crippen LogP contribution in [0.1, 0.15) is 26.3 Å². The number of methoxy groups -OCH3 is 1. The molecule has 0 spiro atoms. The molecule has 0 saturated heterocycles. The van der Waals surface area contributed by atoms with Gasteiger partial charge in [0.2, 0.25) is 0 Å². The van der Waals surface area contributed by atoms with Gasteiger partial charge in [0.25, 0.3) is 0 Å². The van der Waals surface area contributed by atoms with E-state index < -0.39 is 0 Å². The molecular formula is C16H14O3. The van der Waals surface area contributed by atoms with Gasteiger partial charge >= 0.3 is 5.97 Å². The van der Waals surface area contributed by atoms with Gasteiger partial charge < -0.3 is 4.74 Å². The molecule has 0 N–H and O–H groups in total. The first-order chi connectivity index (χ1) is 9.15. The van der Waals surface area contributed by atoms with E-state index in [0.29, 0.717) is 11.1 Å². The highest BCUT2D eigenvalue weighted by Crippen LogP contribution is 2.26. The molecule has 0 heterocycles. The maximum Gasteiger partial charge on any atom is 0.338 e. The van der Waals surface area contributed by atoms with Gasteiger partial charge in [-0.15, -0.1) is 0 Å². The van der Waals surface area contributed by atoms with Crippen LogP contribution in [0.25, 0.3) is 11.1 Å². The maximum absolute atomic E-state index is 11.8. The normalized spacial score (nSPS) is 10.0. The topological polar surface area (TPSA) is 43.4 Å². The van der Waals surface area contributed by atoms with Crippen molar-refractivity contribution >= 4 is 12.3 Å². The molecule has 19 heavy (non-hydrogen) atoms. The van der Waals surface area contributed by atoms with Crippen LogP contribution in [0.5, 0.6) is 0 Å². The molecule has 0 aromatic heterocycles. The molecule has 0 aliphatic heterocycles. The molecule has 0 bridgehead atoms. The zero-order valence-electron chi connectivity index (χ0n) is 10.8. The van der Waals surface area contributed by atoms with Gasteiger partial charge in [0.15, 0.2) is 0 Å². The Kier molecular flexibility index (Phi) is 3.76. The summed E-state index contributed by atoms with van der Waals surface area (Å²) in [4.78, 5) is 22.6. The predicted molar refractivity (Wildman–Crippen MR) is 73.3 cm³/mol. The highest BCUT2D eigenvalue weighted by molar-refractivity contribution is 5.98. The fourth-order valence-corrected chi connectivity index (χ4v) is 1.97. The largest absolute Gasteiger partial charge is 0.465 e. The summed E-state index contributed by atoms with van der Waals surface area (Å²) < 4.78 is 4.80. The molecule has 0 aliphatic rings. The average molecular weight is 254 g/mol. The summed E-state index contributed by atoms with van der Waals surface area (Å²) in [6, 6.07) is 12.7. The number of hydrogen-bond donors (Lipinski definition) is 0. The molecule has 0 fully saturated rings. The lowest BCUT2D eigenvalue weighted by Gasteiger charge is -2.09. The molecule has 0 radical (unpaired) electrons. The Labute approximate surface area is 111 Å². The highest BCUT2D eigenvalue weighted by Gasteiger charge is 2.13. The first-order valence-corrected chi connectivity index (χ1v) is 5.90. The molecule has 0 saturated carbocycles. The zero-order valence-corrected chi connectivity index (χ0v) is 10.8. The van der Waals surface area contributed by atoms with Crippen molar-refractivity contribution in [1.29, 1.82) is 0 Å². The van der Waals surface area contributed by atoms with Crippen LogP contribution in [0.3, 0.4) is 0 Å². The standard InChI is InChI=1S/C16H14O3/c1-11-6-7-14(15(8-11)16(18)19-2)13-5-3-4-12(9-13)10-17/h3-10H,1-2H3. The molecule has 2 rings (SSSR count). The second-order valence-corrected chi connectivity index (χ2v) is 4.28. The lowest BCUT2D eigenvalue weighted by Crippen LogP contribution is -2.04. The van der Waals surface area contributed by atoms with E-state index in [4.69, 9.17) is 4.74 Å². The van der Waals surface area contributed by atoms with Crippen LogP contribution in [-0.2, 0) is 4.74 Å². The van der Waals surface area contributed by atoms with Gasteiger partial charge in [0.1, 0.15) is 6.29 Å². The zero-order chi connectivity index (χ0) is 13.8. The Bertz CT molecular complexity index is 630. The lowest BCUT2D eigenvalue weighted by atomic mass is 9.96. The quantitative estimate of drug-likeness (QED) is 0.623. The van der Waals surface area contributed by atoms with Gasteiger partial charge in [-0.2, -0.15) is 0 Å². The third kappa shape index (κ3) is 2.71. The van der Waals surface area contributed by atoms with E-state index in [0.717, 1.165) is 23.0 Å². The molecule has 0 atom stereocenters. The fourth-order valence-electron chi connectivity index (χ4n) is 1.97. The summed E-state index contributed by atoms with van der Waals surface area (Å²) in [7, 11) is 1.36. The third-order valence-electron chi connectivity index (χ3n) is 2.91. The van der Waals surface area contributed by atoms with Crippen molar-refractivity contribution in [2.45, 2.75) is 6.92 Å². The first kappa shape index (κ1) is 13.0. The number of esters is 1. The number of carbonyl (C=O) groups excluding carboxylic acids is 2. The van der Waals surface area contributed by atoms with Crippen molar-refractivity contribution in [2.24, 2.45) is 0 Å². The van der Waals surface area contributed by atoms with E-state index in [-0.39, 0.29) is 5.97 Å². The highest BCUT2D eigenvalue weighted by atomic mass is 16.5. The number of benzene rings is 2. The monoisotopic (exact) mass is 254 g/mol. The van der Waals surface area contributed by atoms with Gasteiger partial charge in [0, 0.05) is 5.56 Å². The summed E-state index contributed by atoms with van der Waals surface area (Å²) >= 11 is 0. The molecule has 0 amide bonds. The summed E-state index contributed by atoms with van der Waals surface area (Å²) in [6.45, 7) is 1.91. The Morgan fingerprint density at radius 2 is 1.95 bits per heavy atom. The fraction of sp³-hybridized carbons (Fsp3) is 0.125. The SMILES string of the molecule is COC(=O)c1cc(C)ccc1-c1cccc(C=O)c1. The van der Waals surface area contributed by atoms with Crippen molar-refractivity contribution in [3.63, 3.8) is 0 Å². The smallest absolute Gasteiger partial charge is 0.338 e. The number of aryl methyl sites for hydroxylation is 1. The predicted octanol–water partition coefficient (Wildman–Crippen LogP) is 3.26. The molecular weight excluding hydrogens is 240 g/mol. The molecule has 96 valence electrons. The molecule has 3 heteroatoms. The van der Waals surface area contributed by atoms with E-state index in [1.54, 1.807) is 24.3 Å². The number of aldehydes is 1. The molecule has 0 aliphatic carbocycles. The summed E-state index contributed by atoms with van der Waals surface area (Å²) in [6.07, 6.45) is 0.787. The molecule has 0 unspecified atom stereocenters. The van der Waals surface area contributed by atoms with Crippen LogP contribution in [0.4, 0.5) is 0 Å². The summed E-state index contributed by atoms with van der Waals surface area (Å²) in [5.41, 5.74) is 3.65.